The molecule has 0 radical (unpaired) electrons. The maximum Gasteiger partial charge on any atom is 0.258 e. The molecule has 0 saturated carbocycles. The average molecular weight is 403 g/mol. The molecule has 1 aliphatic carbocycles. The molecule has 7 heteroatoms. The Morgan fingerprint density at radius 1 is 1.07 bits per heavy atom. The zero-order valence-electron chi connectivity index (χ0n) is 15.4. The number of thiazole rings is 1. The van der Waals surface area contributed by atoms with Crippen molar-refractivity contribution in [1.82, 2.24) is 10.3 Å². The second kappa shape index (κ2) is 6.93. The van der Waals surface area contributed by atoms with Crippen molar-refractivity contribution in [3.8, 4) is 0 Å². The summed E-state index contributed by atoms with van der Waals surface area (Å²) in [7, 11) is 0. The molecule has 2 heterocycles. The predicted molar refractivity (Wildman–Crippen MR) is 110 cm³/mol. The fourth-order valence-electron chi connectivity index (χ4n) is 3.92. The van der Waals surface area contributed by atoms with E-state index < -0.39 is 11.8 Å². The van der Waals surface area contributed by atoms with Gasteiger partial charge in [-0.15, -0.1) is 11.3 Å². The minimum atomic E-state index is -0.476. The van der Waals surface area contributed by atoms with E-state index in [1.807, 2.05) is 6.07 Å². The van der Waals surface area contributed by atoms with E-state index in [1.54, 1.807) is 6.07 Å². The van der Waals surface area contributed by atoms with Gasteiger partial charge in [0.1, 0.15) is 0 Å². The van der Waals surface area contributed by atoms with Crippen molar-refractivity contribution in [2.75, 3.05) is 5.32 Å². The third kappa shape index (κ3) is 3.23. The molecule has 1 aromatic heterocycles. The summed E-state index contributed by atoms with van der Waals surface area (Å²) in [5.41, 5.74) is 3.23. The molecule has 144 valence electrons. The number of benzene rings is 2. The van der Waals surface area contributed by atoms with Crippen LogP contribution in [0.1, 0.15) is 59.5 Å². The Hall–Kier alpha value is -3.32. The summed E-state index contributed by atoms with van der Waals surface area (Å²) in [4.78, 5) is 41.9. The third-order valence-corrected chi connectivity index (χ3v) is 6.46. The maximum atomic E-state index is 12.6. The molecule has 0 bridgehead atoms. The lowest BCUT2D eigenvalue weighted by atomic mass is 9.85. The summed E-state index contributed by atoms with van der Waals surface area (Å²) in [6.07, 6.45) is 2.86. The highest BCUT2D eigenvalue weighted by Crippen LogP contribution is 2.37. The van der Waals surface area contributed by atoms with E-state index in [1.165, 1.54) is 33.9 Å². The minimum Gasteiger partial charge on any atom is -0.298 e. The van der Waals surface area contributed by atoms with Crippen molar-refractivity contribution in [3.05, 3.63) is 81.4 Å². The van der Waals surface area contributed by atoms with E-state index in [-0.39, 0.29) is 11.5 Å². The Balaban J connectivity index is 1.33. The van der Waals surface area contributed by atoms with Crippen LogP contribution in [0.4, 0.5) is 5.13 Å². The van der Waals surface area contributed by atoms with Crippen molar-refractivity contribution in [2.24, 2.45) is 0 Å². The number of aromatic nitrogens is 1. The highest BCUT2D eigenvalue weighted by atomic mass is 32.1. The van der Waals surface area contributed by atoms with Crippen molar-refractivity contribution in [1.29, 1.82) is 0 Å². The summed E-state index contributed by atoms with van der Waals surface area (Å²) in [6.45, 7) is 0. The van der Waals surface area contributed by atoms with Crippen molar-refractivity contribution < 1.29 is 14.4 Å². The van der Waals surface area contributed by atoms with E-state index in [2.05, 4.69) is 39.9 Å². The number of amides is 3. The number of fused-ring (bicyclic) bond motifs is 2. The lowest BCUT2D eigenvalue weighted by Crippen LogP contribution is -2.19. The fourth-order valence-corrected chi connectivity index (χ4v) is 5.00. The first kappa shape index (κ1) is 17.8. The van der Waals surface area contributed by atoms with Crippen LogP contribution < -0.4 is 10.6 Å². The van der Waals surface area contributed by atoms with Crippen LogP contribution >= 0.6 is 11.3 Å². The number of nitrogens with zero attached hydrogens (tertiary/aromatic N) is 1. The molecule has 1 unspecified atom stereocenters. The van der Waals surface area contributed by atoms with Gasteiger partial charge in [-0.3, -0.25) is 25.0 Å². The van der Waals surface area contributed by atoms with E-state index in [0.717, 1.165) is 25.0 Å². The smallest absolute Gasteiger partial charge is 0.258 e. The van der Waals surface area contributed by atoms with Gasteiger partial charge in [0.05, 0.1) is 16.8 Å². The van der Waals surface area contributed by atoms with E-state index >= 15 is 0 Å². The summed E-state index contributed by atoms with van der Waals surface area (Å²) in [6, 6.07) is 15.0. The number of carbonyl (C=O) groups is 3. The number of anilines is 1. The molecule has 2 aliphatic rings. The maximum absolute atomic E-state index is 12.6. The summed E-state index contributed by atoms with van der Waals surface area (Å²) in [5.74, 6) is -0.778. The molecule has 6 nitrogen and oxygen atoms in total. The van der Waals surface area contributed by atoms with Crippen molar-refractivity contribution in [3.63, 3.8) is 0 Å². The largest absolute Gasteiger partial charge is 0.298 e. The molecule has 1 aliphatic heterocycles. The van der Waals surface area contributed by atoms with Gasteiger partial charge in [0.2, 0.25) is 0 Å². The zero-order chi connectivity index (χ0) is 20.0. The van der Waals surface area contributed by atoms with Crippen LogP contribution in [0.5, 0.6) is 0 Å². The Bertz CT molecular complexity index is 1150. The number of imide groups is 1. The van der Waals surface area contributed by atoms with E-state index in [9.17, 15) is 14.4 Å². The first-order chi connectivity index (χ1) is 14.1. The molecule has 5 rings (SSSR count). The lowest BCUT2D eigenvalue weighted by Gasteiger charge is -2.21. The van der Waals surface area contributed by atoms with Gasteiger partial charge in [-0.05, 0) is 48.9 Å². The first-order valence-electron chi connectivity index (χ1n) is 9.43. The van der Waals surface area contributed by atoms with E-state index in [0.29, 0.717) is 22.2 Å². The molecule has 3 aromatic rings. The molecule has 3 amide bonds. The van der Waals surface area contributed by atoms with Crippen molar-refractivity contribution in [2.45, 2.75) is 25.2 Å². The number of hydrogen-bond acceptors (Lipinski definition) is 5. The fraction of sp³-hybridized carbons (Fsp3) is 0.182. The van der Waals surface area contributed by atoms with Crippen LogP contribution in [-0.4, -0.2) is 22.7 Å². The lowest BCUT2D eigenvalue weighted by molar-refractivity contribution is 0.0879. The molecule has 1 atom stereocenters. The molecule has 0 spiro atoms. The molecule has 0 fully saturated rings. The molecular weight excluding hydrogens is 386 g/mol. The summed E-state index contributed by atoms with van der Waals surface area (Å²) < 4.78 is 0. The first-order valence-corrected chi connectivity index (χ1v) is 10.2. The Kier molecular flexibility index (Phi) is 4.24. The van der Waals surface area contributed by atoms with Crippen LogP contribution in [0.2, 0.25) is 0 Å². The number of hydrogen-bond donors (Lipinski definition) is 2. The zero-order valence-corrected chi connectivity index (χ0v) is 16.2. The quantitative estimate of drug-likeness (QED) is 0.655. The van der Waals surface area contributed by atoms with Gasteiger partial charge in [0.25, 0.3) is 17.7 Å². The minimum absolute atomic E-state index is 0.229. The number of carbonyl (C=O) groups excluding carboxylic acids is 3. The molecule has 2 N–H and O–H groups in total. The Morgan fingerprint density at radius 3 is 2.69 bits per heavy atom. The van der Waals surface area contributed by atoms with Crippen LogP contribution in [0, 0.1) is 0 Å². The highest BCUT2D eigenvalue weighted by Gasteiger charge is 2.28. The number of aryl methyl sites for hydroxylation is 1. The van der Waals surface area contributed by atoms with Gasteiger partial charge in [-0.25, -0.2) is 4.98 Å². The Labute approximate surface area is 171 Å². The van der Waals surface area contributed by atoms with Gasteiger partial charge in [-0.2, -0.15) is 0 Å². The van der Waals surface area contributed by atoms with Crippen LogP contribution in [-0.2, 0) is 12.8 Å². The summed E-state index contributed by atoms with van der Waals surface area (Å²) in [5, 5.41) is 5.63. The van der Waals surface area contributed by atoms with Crippen LogP contribution in [0.15, 0.2) is 48.5 Å². The van der Waals surface area contributed by atoms with Gasteiger partial charge in [-0.1, -0.05) is 30.3 Å². The number of nitrogens with one attached hydrogen (secondary N) is 2. The SMILES string of the molecule is O=C(Nc1nc2c(s1)CC(c1ccccc1)CC2)c1ccc2c(c1)C(=O)NC2=O. The van der Waals surface area contributed by atoms with Crippen LogP contribution in [0.25, 0.3) is 0 Å². The van der Waals surface area contributed by atoms with Gasteiger partial charge in [0.15, 0.2) is 5.13 Å². The normalized spacial score (nSPS) is 17.4. The molecular formula is C22H17N3O3S. The van der Waals surface area contributed by atoms with Crippen LogP contribution in [0.3, 0.4) is 0 Å². The Morgan fingerprint density at radius 2 is 1.86 bits per heavy atom. The predicted octanol–water partition coefficient (Wildman–Crippen LogP) is 3.55. The monoisotopic (exact) mass is 403 g/mol. The number of rotatable bonds is 3. The molecule has 29 heavy (non-hydrogen) atoms. The van der Waals surface area contributed by atoms with E-state index in [4.69, 9.17) is 0 Å². The second-order valence-corrected chi connectivity index (χ2v) is 8.32. The van der Waals surface area contributed by atoms with Gasteiger partial charge < -0.3 is 0 Å². The molecule has 0 saturated heterocycles. The van der Waals surface area contributed by atoms with Gasteiger partial charge in [0, 0.05) is 10.4 Å². The highest BCUT2D eigenvalue weighted by molar-refractivity contribution is 7.15. The average Bonchev–Trinajstić information content (AvgIpc) is 3.27. The van der Waals surface area contributed by atoms with Crippen molar-refractivity contribution >= 4 is 34.2 Å². The second-order valence-electron chi connectivity index (χ2n) is 7.24. The summed E-state index contributed by atoms with van der Waals surface area (Å²) >= 11 is 1.51. The third-order valence-electron chi connectivity index (χ3n) is 5.43. The standard InChI is InChI=1S/C22H17N3O3S/c26-19(14-6-8-15-16(10-14)21(28)24-20(15)27)25-22-23-17-9-7-13(11-18(17)29-22)12-4-2-1-3-5-12/h1-6,8,10,13H,7,9,11H2,(H,23,25,26)(H,24,27,28). The molecule has 2 aromatic carbocycles. The van der Waals surface area contributed by atoms with Gasteiger partial charge >= 0.3 is 0 Å². The topological polar surface area (TPSA) is 88.2 Å².